The van der Waals surface area contributed by atoms with Gasteiger partial charge in [0.2, 0.25) is 0 Å². The van der Waals surface area contributed by atoms with Gasteiger partial charge in [-0.2, -0.15) is 0 Å². The summed E-state index contributed by atoms with van der Waals surface area (Å²) in [5.74, 6) is -1.41. The molecule has 1 aliphatic carbocycles. The van der Waals surface area contributed by atoms with E-state index in [1.54, 1.807) is 0 Å². The number of hydrogen-bond donors (Lipinski definition) is 3. The molecule has 0 unspecified atom stereocenters. The lowest BCUT2D eigenvalue weighted by Crippen LogP contribution is -2.43. The summed E-state index contributed by atoms with van der Waals surface area (Å²) in [4.78, 5) is 22.6. The van der Waals surface area contributed by atoms with Gasteiger partial charge in [0.05, 0.1) is 17.8 Å². The van der Waals surface area contributed by atoms with Crippen LogP contribution in [0.2, 0.25) is 0 Å². The van der Waals surface area contributed by atoms with Crippen LogP contribution in [0.4, 0.5) is 4.79 Å². The number of aliphatic carboxylic acids is 1. The van der Waals surface area contributed by atoms with Gasteiger partial charge < -0.3 is 25.0 Å². The molecule has 0 saturated heterocycles. The third kappa shape index (κ3) is 7.87. The Kier molecular flexibility index (Phi) is 8.63. The van der Waals surface area contributed by atoms with Gasteiger partial charge in [-0.25, -0.2) is 9.59 Å². The Morgan fingerprint density at radius 3 is 1.73 bits per heavy atom. The molecule has 0 spiro atoms. The van der Waals surface area contributed by atoms with Gasteiger partial charge in [-0.3, -0.25) is 0 Å². The van der Waals surface area contributed by atoms with Crippen molar-refractivity contribution in [1.82, 2.24) is 5.32 Å². The van der Waals surface area contributed by atoms with E-state index in [4.69, 9.17) is 19.7 Å². The van der Waals surface area contributed by atoms with E-state index in [1.165, 1.54) is 0 Å². The molecule has 0 aliphatic heterocycles. The van der Waals surface area contributed by atoms with Gasteiger partial charge in [-0.1, -0.05) is 48.5 Å². The summed E-state index contributed by atoms with van der Waals surface area (Å²) in [7, 11) is 0. The van der Waals surface area contributed by atoms with Crippen molar-refractivity contribution in [3.05, 3.63) is 59.7 Å². The number of aliphatic hydroxyl groups is 1. The summed E-state index contributed by atoms with van der Waals surface area (Å²) in [6, 6.07) is 14.5. The molecule has 3 N–H and O–H groups in total. The van der Waals surface area contributed by atoms with Crippen molar-refractivity contribution in [3.8, 4) is 11.1 Å². The molecule has 2 aromatic carbocycles. The molecule has 7 heteroatoms. The second-order valence-corrected chi connectivity index (χ2v) is 9.87. The Hall–Kier alpha value is -2.90. The minimum absolute atomic E-state index is 0.0156. The molecule has 1 amide bonds. The zero-order valence-corrected chi connectivity index (χ0v) is 20.2. The van der Waals surface area contributed by atoms with E-state index >= 15 is 0 Å². The third-order valence-corrected chi connectivity index (χ3v) is 4.73. The Bertz CT molecular complexity index is 900. The second kappa shape index (κ2) is 10.8. The van der Waals surface area contributed by atoms with Gasteiger partial charge in [0, 0.05) is 5.92 Å². The van der Waals surface area contributed by atoms with Crippen LogP contribution in [0, 0.1) is 0 Å². The van der Waals surface area contributed by atoms with Crippen LogP contribution in [0.25, 0.3) is 11.1 Å². The van der Waals surface area contributed by atoms with Crippen molar-refractivity contribution in [1.29, 1.82) is 0 Å². The summed E-state index contributed by atoms with van der Waals surface area (Å²) >= 11 is 0. The number of ether oxygens (including phenoxy) is 2. The number of aliphatic hydroxyl groups excluding tert-OH is 1. The maximum atomic E-state index is 11.8. The molecule has 1 aliphatic rings. The van der Waals surface area contributed by atoms with Crippen LogP contribution in [0.15, 0.2) is 48.5 Å². The maximum Gasteiger partial charge on any atom is 0.407 e. The highest BCUT2D eigenvalue weighted by atomic mass is 16.5. The van der Waals surface area contributed by atoms with Gasteiger partial charge in [0.1, 0.15) is 6.61 Å². The molecule has 0 bridgehead atoms. The molecule has 2 aromatic rings. The Labute approximate surface area is 195 Å². The molecule has 0 heterocycles. The lowest BCUT2D eigenvalue weighted by molar-refractivity contribution is -0.140. The van der Waals surface area contributed by atoms with E-state index in [0.717, 1.165) is 22.3 Å². The summed E-state index contributed by atoms with van der Waals surface area (Å²) in [5, 5.41) is 19.9. The lowest BCUT2D eigenvalue weighted by Gasteiger charge is -2.30. The Morgan fingerprint density at radius 2 is 1.36 bits per heavy atom. The van der Waals surface area contributed by atoms with Crippen LogP contribution < -0.4 is 5.32 Å². The minimum Gasteiger partial charge on any atom is -0.480 e. The van der Waals surface area contributed by atoms with Gasteiger partial charge in [0.15, 0.2) is 6.04 Å². The monoisotopic (exact) mass is 457 g/mol. The summed E-state index contributed by atoms with van der Waals surface area (Å²) in [5.41, 5.74) is 4.34. The molecule has 0 saturated carbocycles. The first-order valence-electron chi connectivity index (χ1n) is 11.0. The fourth-order valence-corrected chi connectivity index (χ4v) is 3.89. The molecule has 33 heavy (non-hydrogen) atoms. The number of hydrogen-bond acceptors (Lipinski definition) is 5. The van der Waals surface area contributed by atoms with E-state index < -0.39 is 24.7 Å². The summed E-state index contributed by atoms with van der Waals surface area (Å²) < 4.78 is 10.8. The number of rotatable bonds is 5. The lowest BCUT2D eigenvalue weighted by atomic mass is 9.98. The number of carbonyl (C=O) groups is 2. The number of fused-ring (bicyclic) bond motifs is 3. The van der Waals surface area contributed by atoms with Crippen molar-refractivity contribution < 1.29 is 29.3 Å². The zero-order valence-electron chi connectivity index (χ0n) is 20.2. The number of benzene rings is 2. The number of nitrogens with one attached hydrogen (secondary N) is 1. The first-order valence-corrected chi connectivity index (χ1v) is 11.0. The predicted octanol–water partition coefficient (Wildman–Crippen LogP) is 4.57. The highest BCUT2D eigenvalue weighted by Crippen LogP contribution is 2.44. The van der Waals surface area contributed by atoms with Crippen molar-refractivity contribution in [3.63, 3.8) is 0 Å². The van der Waals surface area contributed by atoms with Crippen LogP contribution >= 0.6 is 0 Å². The third-order valence-electron chi connectivity index (χ3n) is 4.73. The molecular weight excluding hydrogens is 422 g/mol. The molecule has 7 nitrogen and oxygen atoms in total. The highest BCUT2D eigenvalue weighted by molar-refractivity contribution is 5.81. The highest BCUT2D eigenvalue weighted by Gasteiger charge is 2.29. The van der Waals surface area contributed by atoms with Gasteiger partial charge in [0.25, 0.3) is 0 Å². The number of carboxylic acids is 1. The van der Waals surface area contributed by atoms with E-state index in [-0.39, 0.29) is 23.7 Å². The molecule has 0 fully saturated rings. The summed E-state index contributed by atoms with van der Waals surface area (Å²) in [6.07, 6.45) is -0.863. The Balaban J connectivity index is 0.000000365. The summed E-state index contributed by atoms with van der Waals surface area (Å²) in [6.45, 7) is 11.8. The number of carboxylic acid groups (broad SMARTS) is 1. The molecule has 3 rings (SSSR count). The van der Waals surface area contributed by atoms with Crippen LogP contribution in [0.1, 0.15) is 58.6 Å². The van der Waals surface area contributed by atoms with Crippen LogP contribution in [-0.4, -0.2) is 52.7 Å². The molecular formula is C26H35NO6. The number of amides is 1. The maximum absolute atomic E-state index is 11.8. The first-order chi connectivity index (χ1) is 15.3. The fraction of sp³-hybridized carbons (Fsp3) is 0.462. The first kappa shape index (κ1) is 26.4. The quantitative estimate of drug-likeness (QED) is 0.607. The Morgan fingerprint density at radius 1 is 0.909 bits per heavy atom. The average Bonchev–Trinajstić information content (AvgIpc) is 3.02. The predicted molar refractivity (Wildman–Crippen MR) is 127 cm³/mol. The van der Waals surface area contributed by atoms with Gasteiger partial charge in [-0.15, -0.1) is 0 Å². The largest absolute Gasteiger partial charge is 0.480 e. The SMILES string of the molecule is CC(C)(C)OC(C)(C)C.O=C(N[C@@H](CO)C(=O)O)OCC1c2ccccc2-c2ccccc21. The molecule has 1 atom stereocenters. The topological polar surface area (TPSA) is 105 Å². The van der Waals surface area contributed by atoms with Crippen LogP contribution in [0.3, 0.4) is 0 Å². The molecule has 0 aromatic heterocycles. The smallest absolute Gasteiger partial charge is 0.407 e. The van der Waals surface area contributed by atoms with Crippen molar-refractivity contribution >= 4 is 12.1 Å². The number of carbonyl (C=O) groups excluding carboxylic acids is 1. The van der Waals surface area contributed by atoms with Gasteiger partial charge >= 0.3 is 12.1 Å². The van der Waals surface area contributed by atoms with Crippen molar-refractivity contribution in [2.75, 3.05) is 13.2 Å². The average molecular weight is 458 g/mol. The molecule has 180 valence electrons. The standard InChI is InChI=1S/C18H17NO5.C8H18O/c20-9-16(17(21)22)19-18(23)24-10-15-13-7-3-1-5-11(13)12-6-2-4-8-14(12)15;1-7(2,3)9-8(4,5)6/h1-8,15-16,20H,9-10H2,(H,19,23)(H,21,22);1-6H3/t16-;/m0./s1. The van der Waals surface area contributed by atoms with Crippen LogP contribution in [0.5, 0.6) is 0 Å². The number of alkyl carbamates (subject to hydrolysis) is 1. The minimum atomic E-state index is -1.37. The van der Waals surface area contributed by atoms with Crippen molar-refractivity contribution in [2.45, 2.75) is 64.7 Å². The van der Waals surface area contributed by atoms with E-state index in [0.29, 0.717) is 0 Å². The zero-order chi connectivity index (χ0) is 24.8. The normalized spacial score (nSPS) is 13.8. The van der Waals surface area contributed by atoms with Gasteiger partial charge in [-0.05, 0) is 63.8 Å². The second-order valence-electron chi connectivity index (χ2n) is 9.87. The van der Waals surface area contributed by atoms with E-state index in [2.05, 4.69) is 46.9 Å². The molecule has 0 radical (unpaired) electrons. The van der Waals surface area contributed by atoms with E-state index in [1.807, 2.05) is 48.5 Å². The fourth-order valence-electron chi connectivity index (χ4n) is 3.89. The van der Waals surface area contributed by atoms with Crippen molar-refractivity contribution in [2.24, 2.45) is 0 Å². The van der Waals surface area contributed by atoms with E-state index in [9.17, 15) is 9.59 Å². The van der Waals surface area contributed by atoms with Crippen LogP contribution in [-0.2, 0) is 14.3 Å².